The quantitative estimate of drug-likeness (QED) is 0.801. The van der Waals surface area contributed by atoms with Crippen molar-refractivity contribution in [3.8, 4) is 0 Å². The van der Waals surface area contributed by atoms with E-state index in [1.807, 2.05) is 18.2 Å². The Morgan fingerprint density at radius 1 is 1.26 bits per heavy atom. The van der Waals surface area contributed by atoms with Gasteiger partial charge in [0.2, 0.25) is 0 Å². The number of carbonyl (C=O) groups is 1. The van der Waals surface area contributed by atoms with E-state index >= 15 is 0 Å². The summed E-state index contributed by atoms with van der Waals surface area (Å²) in [5, 5.41) is 5.97. The summed E-state index contributed by atoms with van der Waals surface area (Å²) in [6.07, 6.45) is 9.68. The molecule has 1 fully saturated rings. The van der Waals surface area contributed by atoms with Crippen LogP contribution in [0.3, 0.4) is 0 Å². The van der Waals surface area contributed by atoms with Crippen molar-refractivity contribution in [3.63, 3.8) is 0 Å². The Bertz CT molecular complexity index is 374. The van der Waals surface area contributed by atoms with Crippen LogP contribution in [0.4, 0.5) is 4.79 Å². The predicted octanol–water partition coefficient (Wildman–Crippen LogP) is 2.65. The average molecular weight is 261 g/mol. The fraction of sp³-hybridized carbons (Fsp3) is 0.600. The first-order chi connectivity index (χ1) is 9.34. The van der Waals surface area contributed by atoms with Crippen LogP contribution in [-0.2, 0) is 6.42 Å². The highest BCUT2D eigenvalue weighted by Gasteiger charge is 2.14. The molecule has 19 heavy (non-hydrogen) atoms. The number of amides is 2. The van der Waals surface area contributed by atoms with Gasteiger partial charge in [0.15, 0.2) is 0 Å². The zero-order valence-corrected chi connectivity index (χ0v) is 11.4. The molecule has 0 atom stereocenters. The number of urea groups is 1. The van der Waals surface area contributed by atoms with Crippen LogP contribution < -0.4 is 10.6 Å². The number of nitrogens with one attached hydrogen (secondary N) is 2. The van der Waals surface area contributed by atoms with E-state index in [1.54, 1.807) is 6.20 Å². The normalized spacial score (nSPS) is 16.0. The first kappa shape index (κ1) is 13.8. The van der Waals surface area contributed by atoms with Crippen molar-refractivity contribution in [2.45, 2.75) is 51.0 Å². The van der Waals surface area contributed by atoms with Gasteiger partial charge in [0.05, 0.1) is 0 Å². The first-order valence-corrected chi connectivity index (χ1v) is 7.29. The monoisotopic (exact) mass is 261 g/mol. The molecular weight excluding hydrogens is 238 g/mol. The third-order valence-electron chi connectivity index (χ3n) is 3.56. The summed E-state index contributed by atoms with van der Waals surface area (Å²) >= 11 is 0. The molecule has 0 unspecified atom stereocenters. The van der Waals surface area contributed by atoms with Crippen molar-refractivity contribution < 1.29 is 4.79 Å². The van der Waals surface area contributed by atoms with E-state index in [2.05, 4.69) is 15.6 Å². The fourth-order valence-corrected chi connectivity index (χ4v) is 2.50. The highest BCUT2D eigenvalue weighted by Crippen LogP contribution is 2.17. The summed E-state index contributed by atoms with van der Waals surface area (Å²) in [4.78, 5) is 15.9. The lowest BCUT2D eigenvalue weighted by atomic mass is 9.96. The second kappa shape index (κ2) is 7.77. The maximum absolute atomic E-state index is 11.7. The smallest absolute Gasteiger partial charge is 0.315 e. The minimum absolute atomic E-state index is 0.0204. The Labute approximate surface area is 115 Å². The molecule has 4 nitrogen and oxygen atoms in total. The molecule has 1 heterocycles. The Morgan fingerprint density at radius 3 is 2.84 bits per heavy atom. The molecule has 1 aromatic rings. The SMILES string of the molecule is O=C(NCCCc1ccccn1)NC1CCCCC1. The third kappa shape index (κ3) is 5.28. The van der Waals surface area contributed by atoms with Crippen LogP contribution >= 0.6 is 0 Å². The van der Waals surface area contributed by atoms with Gasteiger partial charge in [-0.25, -0.2) is 4.79 Å². The van der Waals surface area contributed by atoms with Gasteiger partial charge >= 0.3 is 6.03 Å². The fourth-order valence-electron chi connectivity index (χ4n) is 2.50. The van der Waals surface area contributed by atoms with Crippen LogP contribution in [0.15, 0.2) is 24.4 Å². The third-order valence-corrected chi connectivity index (χ3v) is 3.56. The summed E-state index contributed by atoms with van der Waals surface area (Å²) < 4.78 is 0. The molecule has 1 aliphatic rings. The molecule has 0 saturated heterocycles. The maximum atomic E-state index is 11.7. The second-order valence-electron chi connectivity index (χ2n) is 5.16. The first-order valence-electron chi connectivity index (χ1n) is 7.29. The number of rotatable bonds is 5. The molecule has 0 bridgehead atoms. The van der Waals surface area contributed by atoms with E-state index in [9.17, 15) is 4.79 Å². The summed E-state index contributed by atoms with van der Waals surface area (Å²) in [5.41, 5.74) is 1.08. The van der Waals surface area contributed by atoms with E-state index in [4.69, 9.17) is 0 Å². The molecule has 1 saturated carbocycles. The van der Waals surface area contributed by atoms with Gasteiger partial charge in [-0.15, -0.1) is 0 Å². The molecule has 4 heteroatoms. The van der Waals surface area contributed by atoms with Crippen molar-refractivity contribution in [2.75, 3.05) is 6.54 Å². The highest BCUT2D eigenvalue weighted by atomic mass is 16.2. The van der Waals surface area contributed by atoms with E-state index in [1.165, 1.54) is 19.3 Å². The lowest BCUT2D eigenvalue weighted by Crippen LogP contribution is -2.43. The van der Waals surface area contributed by atoms with E-state index in [0.29, 0.717) is 12.6 Å². The van der Waals surface area contributed by atoms with Gasteiger partial charge in [-0.2, -0.15) is 0 Å². The lowest BCUT2D eigenvalue weighted by Gasteiger charge is -2.22. The highest BCUT2D eigenvalue weighted by molar-refractivity contribution is 5.74. The van der Waals surface area contributed by atoms with Crippen LogP contribution in [-0.4, -0.2) is 23.6 Å². The zero-order chi connectivity index (χ0) is 13.3. The van der Waals surface area contributed by atoms with Gasteiger partial charge < -0.3 is 10.6 Å². The predicted molar refractivity (Wildman–Crippen MR) is 76.0 cm³/mol. The maximum Gasteiger partial charge on any atom is 0.315 e. The van der Waals surface area contributed by atoms with E-state index in [-0.39, 0.29) is 6.03 Å². The Morgan fingerprint density at radius 2 is 2.11 bits per heavy atom. The van der Waals surface area contributed by atoms with E-state index in [0.717, 1.165) is 31.4 Å². The Hall–Kier alpha value is -1.58. The van der Waals surface area contributed by atoms with Gasteiger partial charge in [-0.3, -0.25) is 4.98 Å². The molecule has 0 aromatic carbocycles. The number of nitrogens with zero attached hydrogens (tertiary/aromatic N) is 1. The molecule has 1 aromatic heterocycles. The standard InChI is InChI=1S/C15H23N3O/c19-15(18-14-8-2-1-3-9-14)17-12-6-10-13-7-4-5-11-16-13/h4-5,7,11,14H,1-3,6,8-10,12H2,(H2,17,18,19). The number of hydrogen-bond donors (Lipinski definition) is 2. The van der Waals surface area contributed by atoms with Crippen LogP contribution in [0.2, 0.25) is 0 Å². The van der Waals surface area contributed by atoms with Crippen molar-refractivity contribution in [1.29, 1.82) is 0 Å². The van der Waals surface area contributed by atoms with E-state index < -0.39 is 0 Å². The van der Waals surface area contributed by atoms with Gasteiger partial charge in [0.1, 0.15) is 0 Å². The summed E-state index contributed by atoms with van der Waals surface area (Å²) in [6, 6.07) is 6.28. The van der Waals surface area contributed by atoms with Crippen molar-refractivity contribution in [3.05, 3.63) is 30.1 Å². The molecular formula is C15H23N3O. The largest absolute Gasteiger partial charge is 0.338 e. The van der Waals surface area contributed by atoms with Crippen molar-refractivity contribution >= 4 is 6.03 Å². The van der Waals surface area contributed by atoms with Crippen LogP contribution in [0.5, 0.6) is 0 Å². The van der Waals surface area contributed by atoms with Gasteiger partial charge in [0, 0.05) is 24.5 Å². The van der Waals surface area contributed by atoms with Crippen molar-refractivity contribution in [2.24, 2.45) is 0 Å². The van der Waals surface area contributed by atoms with Crippen LogP contribution in [0, 0.1) is 0 Å². The lowest BCUT2D eigenvalue weighted by molar-refractivity contribution is 0.232. The van der Waals surface area contributed by atoms with Crippen molar-refractivity contribution in [1.82, 2.24) is 15.6 Å². The van der Waals surface area contributed by atoms with Crippen LogP contribution in [0.25, 0.3) is 0 Å². The minimum Gasteiger partial charge on any atom is -0.338 e. The number of carbonyl (C=O) groups excluding carboxylic acids is 1. The second-order valence-corrected chi connectivity index (χ2v) is 5.16. The topological polar surface area (TPSA) is 54.0 Å². The molecule has 2 amide bonds. The molecule has 0 radical (unpaired) electrons. The molecule has 0 spiro atoms. The Balaban J connectivity index is 1.56. The van der Waals surface area contributed by atoms with Gasteiger partial charge in [0.25, 0.3) is 0 Å². The average Bonchev–Trinajstić information content (AvgIpc) is 2.46. The van der Waals surface area contributed by atoms with Gasteiger partial charge in [-0.1, -0.05) is 25.3 Å². The zero-order valence-electron chi connectivity index (χ0n) is 11.4. The minimum atomic E-state index is -0.0204. The van der Waals surface area contributed by atoms with Gasteiger partial charge in [-0.05, 0) is 37.8 Å². The Kier molecular flexibility index (Phi) is 5.66. The molecule has 2 N–H and O–H groups in total. The number of pyridine rings is 1. The number of aryl methyl sites for hydroxylation is 1. The molecule has 1 aliphatic carbocycles. The summed E-state index contributed by atoms with van der Waals surface area (Å²) in [5.74, 6) is 0. The number of hydrogen-bond acceptors (Lipinski definition) is 2. The molecule has 2 rings (SSSR count). The molecule has 0 aliphatic heterocycles. The van der Waals surface area contributed by atoms with Crippen LogP contribution in [0.1, 0.15) is 44.2 Å². The number of aromatic nitrogens is 1. The molecule has 104 valence electrons. The summed E-state index contributed by atoms with van der Waals surface area (Å²) in [6.45, 7) is 0.703. The summed E-state index contributed by atoms with van der Waals surface area (Å²) in [7, 11) is 0.